The van der Waals surface area contributed by atoms with Crippen LogP contribution in [0.25, 0.3) is 0 Å². The molecule has 4 nitrogen and oxygen atoms in total. The van der Waals surface area contributed by atoms with Crippen molar-refractivity contribution in [3.05, 3.63) is 0 Å². The van der Waals surface area contributed by atoms with E-state index in [4.69, 9.17) is 10.8 Å². The zero-order chi connectivity index (χ0) is 12.7. The molecular formula is C10H20F2N2O2. The second-order valence-corrected chi connectivity index (χ2v) is 4.13. The molecule has 0 heterocycles. The largest absolute Gasteiger partial charge is 0.395 e. The van der Waals surface area contributed by atoms with Crippen LogP contribution < -0.4 is 5.73 Å². The van der Waals surface area contributed by atoms with Crippen molar-refractivity contribution >= 4 is 5.91 Å². The summed E-state index contributed by atoms with van der Waals surface area (Å²) in [6.45, 7) is 2.68. The zero-order valence-corrected chi connectivity index (χ0v) is 9.70. The molecule has 0 unspecified atom stereocenters. The minimum atomic E-state index is -2.61. The predicted octanol–water partition coefficient (Wildman–Crippen LogP) is 0.446. The Morgan fingerprint density at radius 3 is 2.38 bits per heavy atom. The van der Waals surface area contributed by atoms with Gasteiger partial charge in [-0.1, -0.05) is 13.8 Å². The number of rotatable bonds is 7. The first-order valence-electron chi connectivity index (χ1n) is 5.31. The van der Waals surface area contributed by atoms with Crippen LogP contribution in [-0.2, 0) is 4.79 Å². The third-order valence-electron chi connectivity index (χ3n) is 2.08. The number of aliphatic hydroxyl groups is 1. The molecule has 0 aliphatic heterocycles. The highest BCUT2D eigenvalue weighted by atomic mass is 19.3. The lowest BCUT2D eigenvalue weighted by atomic mass is 10.0. The van der Waals surface area contributed by atoms with Gasteiger partial charge in [0.15, 0.2) is 0 Å². The van der Waals surface area contributed by atoms with Crippen LogP contribution in [0.4, 0.5) is 8.78 Å². The number of amides is 1. The van der Waals surface area contributed by atoms with Crippen LogP contribution >= 0.6 is 0 Å². The Morgan fingerprint density at radius 2 is 2.00 bits per heavy atom. The maximum Gasteiger partial charge on any atom is 0.255 e. The molecule has 0 aromatic rings. The van der Waals surface area contributed by atoms with Crippen molar-refractivity contribution in [2.75, 3.05) is 19.7 Å². The van der Waals surface area contributed by atoms with E-state index in [0.717, 1.165) is 4.90 Å². The zero-order valence-electron chi connectivity index (χ0n) is 9.70. The molecule has 0 aromatic carbocycles. The Hall–Kier alpha value is -0.750. The second kappa shape index (κ2) is 7.51. The van der Waals surface area contributed by atoms with Gasteiger partial charge in [0.25, 0.3) is 6.43 Å². The number of aliphatic hydroxyl groups excluding tert-OH is 1. The SMILES string of the molecule is CC(C)C[C@@H](N)C(=O)N(CCO)CC(F)F. The van der Waals surface area contributed by atoms with Gasteiger partial charge in [-0.15, -0.1) is 0 Å². The van der Waals surface area contributed by atoms with Crippen molar-refractivity contribution in [2.24, 2.45) is 11.7 Å². The number of carbonyl (C=O) groups excluding carboxylic acids is 1. The Morgan fingerprint density at radius 1 is 1.44 bits per heavy atom. The number of halogens is 2. The van der Waals surface area contributed by atoms with Crippen LogP contribution in [0.2, 0.25) is 0 Å². The highest BCUT2D eigenvalue weighted by Gasteiger charge is 2.23. The molecule has 0 radical (unpaired) electrons. The van der Waals surface area contributed by atoms with Gasteiger partial charge in [-0.3, -0.25) is 4.79 Å². The fourth-order valence-corrected chi connectivity index (χ4v) is 1.42. The van der Waals surface area contributed by atoms with Crippen LogP contribution in [0.3, 0.4) is 0 Å². The average molecular weight is 238 g/mol. The summed E-state index contributed by atoms with van der Waals surface area (Å²) in [6, 6.07) is -0.773. The fourth-order valence-electron chi connectivity index (χ4n) is 1.42. The number of alkyl halides is 2. The summed E-state index contributed by atoms with van der Waals surface area (Å²) in [5, 5.41) is 8.68. The molecule has 6 heteroatoms. The molecule has 1 atom stereocenters. The Labute approximate surface area is 94.4 Å². The van der Waals surface area contributed by atoms with Gasteiger partial charge in [0.1, 0.15) is 0 Å². The molecular weight excluding hydrogens is 218 g/mol. The van der Waals surface area contributed by atoms with Crippen molar-refractivity contribution in [1.29, 1.82) is 0 Å². The number of hydrogen-bond acceptors (Lipinski definition) is 3. The summed E-state index contributed by atoms with van der Waals surface area (Å²) < 4.78 is 24.4. The molecule has 0 saturated heterocycles. The van der Waals surface area contributed by atoms with E-state index in [2.05, 4.69) is 0 Å². The van der Waals surface area contributed by atoms with E-state index in [1.165, 1.54) is 0 Å². The van der Waals surface area contributed by atoms with Crippen LogP contribution in [0, 0.1) is 5.92 Å². The van der Waals surface area contributed by atoms with Crippen LogP contribution in [0.5, 0.6) is 0 Å². The summed E-state index contributed by atoms with van der Waals surface area (Å²) >= 11 is 0. The van der Waals surface area contributed by atoms with Gasteiger partial charge in [0.2, 0.25) is 5.91 Å². The lowest BCUT2D eigenvalue weighted by molar-refractivity contribution is -0.135. The highest BCUT2D eigenvalue weighted by molar-refractivity contribution is 5.81. The van der Waals surface area contributed by atoms with Gasteiger partial charge in [0, 0.05) is 6.54 Å². The maximum absolute atomic E-state index is 12.2. The molecule has 0 bridgehead atoms. The molecule has 96 valence electrons. The van der Waals surface area contributed by atoms with Gasteiger partial charge in [-0.05, 0) is 12.3 Å². The van der Waals surface area contributed by atoms with Gasteiger partial charge in [-0.25, -0.2) is 8.78 Å². The molecule has 0 fully saturated rings. The van der Waals surface area contributed by atoms with Gasteiger partial charge in [-0.2, -0.15) is 0 Å². The molecule has 1 amide bonds. The monoisotopic (exact) mass is 238 g/mol. The second-order valence-electron chi connectivity index (χ2n) is 4.13. The molecule has 0 rings (SSSR count). The molecule has 0 aromatic heterocycles. The summed E-state index contributed by atoms with van der Waals surface area (Å²) in [4.78, 5) is 12.6. The summed E-state index contributed by atoms with van der Waals surface area (Å²) in [6.07, 6.45) is -2.16. The average Bonchev–Trinajstić information content (AvgIpc) is 2.14. The van der Waals surface area contributed by atoms with Gasteiger partial charge < -0.3 is 15.7 Å². The van der Waals surface area contributed by atoms with E-state index in [1.54, 1.807) is 0 Å². The quantitative estimate of drug-likeness (QED) is 0.676. The minimum absolute atomic E-state index is 0.102. The summed E-state index contributed by atoms with van der Waals surface area (Å²) in [5.74, 6) is -0.301. The fraction of sp³-hybridized carbons (Fsp3) is 0.900. The van der Waals surface area contributed by atoms with Crippen LogP contribution in [0.15, 0.2) is 0 Å². The first-order valence-corrected chi connectivity index (χ1v) is 5.31. The van der Waals surface area contributed by atoms with E-state index >= 15 is 0 Å². The predicted molar refractivity (Wildman–Crippen MR) is 57.1 cm³/mol. The topological polar surface area (TPSA) is 66.6 Å². The van der Waals surface area contributed by atoms with Crippen molar-refractivity contribution in [3.63, 3.8) is 0 Å². The molecule has 3 N–H and O–H groups in total. The molecule has 0 saturated carbocycles. The molecule has 16 heavy (non-hydrogen) atoms. The van der Waals surface area contributed by atoms with Gasteiger partial charge >= 0.3 is 0 Å². The van der Waals surface area contributed by atoms with Crippen molar-refractivity contribution < 1.29 is 18.7 Å². The minimum Gasteiger partial charge on any atom is -0.395 e. The number of nitrogens with two attached hydrogens (primary N) is 1. The van der Waals surface area contributed by atoms with E-state index in [-0.39, 0.29) is 19.1 Å². The number of hydrogen-bond donors (Lipinski definition) is 2. The Balaban J connectivity index is 4.35. The first-order chi connectivity index (χ1) is 7.38. The summed E-state index contributed by atoms with van der Waals surface area (Å²) in [7, 11) is 0. The number of carbonyl (C=O) groups is 1. The molecule has 0 aliphatic rings. The van der Waals surface area contributed by atoms with Gasteiger partial charge in [0.05, 0.1) is 19.2 Å². The number of nitrogens with zero attached hydrogens (tertiary/aromatic N) is 1. The first kappa shape index (κ1) is 15.2. The van der Waals surface area contributed by atoms with Crippen LogP contribution in [0.1, 0.15) is 20.3 Å². The lowest BCUT2D eigenvalue weighted by Crippen LogP contribution is -2.47. The van der Waals surface area contributed by atoms with Crippen molar-refractivity contribution in [1.82, 2.24) is 4.90 Å². The third kappa shape index (κ3) is 5.97. The smallest absolute Gasteiger partial charge is 0.255 e. The van der Waals surface area contributed by atoms with E-state index in [0.29, 0.717) is 6.42 Å². The highest BCUT2D eigenvalue weighted by Crippen LogP contribution is 2.07. The van der Waals surface area contributed by atoms with E-state index < -0.39 is 24.9 Å². The molecule has 0 spiro atoms. The summed E-state index contributed by atoms with van der Waals surface area (Å²) in [5.41, 5.74) is 5.61. The Bertz CT molecular complexity index is 213. The van der Waals surface area contributed by atoms with Crippen molar-refractivity contribution in [2.45, 2.75) is 32.7 Å². The lowest BCUT2D eigenvalue weighted by Gasteiger charge is -2.25. The standard InChI is InChI=1S/C10H20F2N2O2/c1-7(2)5-8(13)10(16)14(3-4-15)6-9(11)12/h7-9,15H,3-6,13H2,1-2H3/t8-/m1/s1. The normalized spacial score (nSPS) is 13.2. The molecule has 0 aliphatic carbocycles. The van der Waals surface area contributed by atoms with Crippen LogP contribution in [-0.4, -0.2) is 48.1 Å². The van der Waals surface area contributed by atoms with Crippen molar-refractivity contribution in [3.8, 4) is 0 Å². The van der Waals surface area contributed by atoms with E-state index in [1.807, 2.05) is 13.8 Å². The third-order valence-corrected chi connectivity index (χ3v) is 2.08. The maximum atomic E-state index is 12.2. The van der Waals surface area contributed by atoms with E-state index in [9.17, 15) is 13.6 Å². The Kier molecular flexibility index (Phi) is 7.16.